The quantitative estimate of drug-likeness (QED) is 0.790. The van der Waals surface area contributed by atoms with Gasteiger partial charge in [0.15, 0.2) is 0 Å². The number of benzene rings is 1. The lowest BCUT2D eigenvalue weighted by atomic mass is 9.71. The molecule has 3 heteroatoms. The van der Waals surface area contributed by atoms with Crippen LogP contribution in [0, 0.1) is 5.92 Å². The van der Waals surface area contributed by atoms with Crippen LogP contribution >= 0.6 is 0 Å². The molecule has 20 heavy (non-hydrogen) atoms. The van der Waals surface area contributed by atoms with E-state index in [0.717, 1.165) is 31.4 Å². The zero-order chi connectivity index (χ0) is 14.6. The molecule has 0 saturated heterocycles. The Morgan fingerprint density at radius 2 is 2.00 bits per heavy atom. The van der Waals surface area contributed by atoms with Gasteiger partial charge in [0.2, 0.25) is 0 Å². The fourth-order valence-corrected chi connectivity index (χ4v) is 3.45. The highest BCUT2D eigenvalue weighted by Gasteiger charge is 2.45. The second-order valence-electron chi connectivity index (χ2n) is 6.05. The Kier molecular flexibility index (Phi) is 4.81. The molecule has 0 heterocycles. The third-order valence-electron chi connectivity index (χ3n) is 4.18. The van der Waals surface area contributed by atoms with E-state index in [4.69, 9.17) is 4.74 Å². The summed E-state index contributed by atoms with van der Waals surface area (Å²) in [7, 11) is 4.16. The molecule has 0 unspecified atom stereocenters. The molecule has 0 bridgehead atoms. The van der Waals surface area contributed by atoms with Gasteiger partial charge in [-0.15, -0.1) is 0 Å². The SMILES string of the molecule is CC(=O)O[C@]1(c2ccccc2)CCCC[C@@H]1CN(C)C. The van der Waals surface area contributed by atoms with Crippen LogP contribution in [-0.2, 0) is 15.1 Å². The summed E-state index contributed by atoms with van der Waals surface area (Å²) in [4.78, 5) is 13.9. The zero-order valence-corrected chi connectivity index (χ0v) is 12.8. The van der Waals surface area contributed by atoms with Crippen molar-refractivity contribution >= 4 is 5.97 Å². The largest absolute Gasteiger partial charge is 0.454 e. The molecule has 0 radical (unpaired) electrons. The van der Waals surface area contributed by atoms with Crippen LogP contribution < -0.4 is 0 Å². The van der Waals surface area contributed by atoms with E-state index in [9.17, 15) is 4.79 Å². The maximum atomic E-state index is 11.7. The summed E-state index contributed by atoms with van der Waals surface area (Å²) in [5.74, 6) is 0.178. The van der Waals surface area contributed by atoms with E-state index in [-0.39, 0.29) is 5.97 Å². The third kappa shape index (κ3) is 3.21. The molecule has 0 aliphatic heterocycles. The molecule has 1 fully saturated rings. The van der Waals surface area contributed by atoms with Crippen molar-refractivity contribution in [3.05, 3.63) is 35.9 Å². The van der Waals surface area contributed by atoms with E-state index in [1.165, 1.54) is 13.3 Å². The molecule has 2 rings (SSSR count). The summed E-state index contributed by atoms with van der Waals surface area (Å²) in [6.07, 6.45) is 4.37. The summed E-state index contributed by atoms with van der Waals surface area (Å²) in [6.45, 7) is 2.47. The number of hydrogen-bond donors (Lipinski definition) is 0. The van der Waals surface area contributed by atoms with Crippen molar-refractivity contribution in [1.29, 1.82) is 0 Å². The maximum absolute atomic E-state index is 11.7. The van der Waals surface area contributed by atoms with Crippen molar-refractivity contribution in [3.8, 4) is 0 Å². The second kappa shape index (κ2) is 6.40. The van der Waals surface area contributed by atoms with Gasteiger partial charge in [-0.1, -0.05) is 36.8 Å². The van der Waals surface area contributed by atoms with E-state index in [2.05, 4.69) is 31.1 Å². The zero-order valence-electron chi connectivity index (χ0n) is 12.8. The van der Waals surface area contributed by atoms with Crippen molar-refractivity contribution in [2.75, 3.05) is 20.6 Å². The van der Waals surface area contributed by atoms with Gasteiger partial charge < -0.3 is 9.64 Å². The smallest absolute Gasteiger partial charge is 0.303 e. The number of carbonyl (C=O) groups is 1. The molecule has 0 amide bonds. The third-order valence-corrected chi connectivity index (χ3v) is 4.18. The van der Waals surface area contributed by atoms with E-state index in [1.807, 2.05) is 18.2 Å². The van der Waals surface area contributed by atoms with Crippen LogP contribution in [-0.4, -0.2) is 31.5 Å². The van der Waals surface area contributed by atoms with Crippen LogP contribution in [0.1, 0.15) is 38.2 Å². The fourth-order valence-electron chi connectivity index (χ4n) is 3.45. The predicted molar refractivity (Wildman–Crippen MR) is 80.4 cm³/mol. The van der Waals surface area contributed by atoms with Crippen LogP contribution in [0.4, 0.5) is 0 Å². The molecule has 1 aromatic rings. The van der Waals surface area contributed by atoms with Crippen molar-refractivity contribution in [1.82, 2.24) is 4.90 Å². The van der Waals surface area contributed by atoms with Gasteiger partial charge in [-0.3, -0.25) is 4.79 Å². The highest BCUT2D eigenvalue weighted by Crippen LogP contribution is 2.45. The molecular weight excluding hydrogens is 250 g/mol. The first-order chi connectivity index (χ1) is 9.54. The van der Waals surface area contributed by atoms with Gasteiger partial charge in [-0.25, -0.2) is 0 Å². The average molecular weight is 275 g/mol. The first-order valence-corrected chi connectivity index (χ1v) is 7.44. The number of hydrogen-bond acceptors (Lipinski definition) is 3. The topological polar surface area (TPSA) is 29.5 Å². The second-order valence-corrected chi connectivity index (χ2v) is 6.05. The molecular formula is C17H25NO2. The van der Waals surface area contributed by atoms with E-state index in [0.29, 0.717) is 5.92 Å². The molecule has 1 aliphatic carbocycles. The van der Waals surface area contributed by atoms with Gasteiger partial charge >= 0.3 is 5.97 Å². The predicted octanol–water partition coefficient (Wildman–Crippen LogP) is 3.20. The summed E-state index contributed by atoms with van der Waals surface area (Å²) >= 11 is 0. The minimum absolute atomic E-state index is 0.181. The number of carbonyl (C=O) groups excluding carboxylic acids is 1. The summed E-state index contributed by atoms with van der Waals surface area (Å²) in [5.41, 5.74) is 0.692. The lowest BCUT2D eigenvalue weighted by molar-refractivity contribution is -0.171. The molecule has 2 atom stereocenters. The van der Waals surface area contributed by atoms with Gasteiger partial charge in [-0.05, 0) is 38.9 Å². The normalized spacial score (nSPS) is 26.5. The summed E-state index contributed by atoms with van der Waals surface area (Å²) < 4.78 is 5.91. The van der Waals surface area contributed by atoms with Crippen LogP contribution in [0.25, 0.3) is 0 Å². The Hall–Kier alpha value is -1.35. The summed E-state index contributed by atoms with van der Waals surface area (Å²) in [6, 6.07) is 10.3. The molecule has 110 valence electrons. The standard InChI is InChI=1S/C17H25NO2/c1-14(19)20-17(15-9-5-4-6-10-15)12-8-7-11-16(17)13-18(2)3/h4-6,9-10,16H,7-8,11-13H2,1-3H3/t16-,17+/m1/s1. The lowest BCUT2D eigenvalue weighted by Gasteiger charge is -2.44. The molecule has 3 nitrogen and oxygen atoms in total. The van der Waals surface area contributed by atoms with E-state index in [1.54, 1.807) is 0 Å². The Labute approximate surface area is 121 Å². The number of ether oxygens (including phenoxy) is 1. The van der Waals surface area contributed by atoms with Gasteiger partial charge in [-0.2, -0.15) is 0 Å². The van der Waals surface area contributed by atoms with Crippen molar-refractivity contribution in [2.24, 2.45) is 5.92 Å². The van der Waals surface area contributed by atoms with Gasteiger partial charge in [0, 0.05) is 19.4 Å². The van der Waals surface area contributed by atoms with Gasteiger partial charge in [0.1, 0.15) is 5.60 Å². The van der Waals surface area contributed by atoms with E-state index < -0.39 is 5.60 Å². The maximum Gasteiger partial charge on any atom is 0.303 e. The minimum atomic E-state index is -0.449. The average Bonchev–Trinajstić information content (AvgIpc) is 2.41. The number of nitrogens with zero attached hydrogens (tertiary/aromatic N) is 1. The Morgan fingerprint density at radius 3 is 2.60 bits per heavy atom. The molecule has 1 saturated carbocycles. The van der Waals surface area contributed by atoms with Gasteiger partial charge in [0.25, 0.3) is 0 Å². The Morgan fingerprint density at radius 1 is 1.30 bits per heavy atom. The highest BCUT2D eigenvalue weighted by molar-refractivity contribution is 5.67. The van der Waals surface area contributed by atoms with Crippen LogP contribution in [0.3, 0.4) is 0 Å². The van der Waals surface area contributed by atoms with Crippen molar-refractivity contribution in [3.63, 3.8) is 0 Å². The molecule has 0 N–H and O–H groups in total. The molecule has 1 aliphatic rings. The molecule has 1 aromatic carbocycles. The number of rotatable bonds is 4. The monoisotopic (exact) mass is 275 g/mol. The van der Waals surface area contributed by atoms with Crippen LogP contribution in [0.5, 0.6) is 0 Å². The first kappa shape index (κ1) is 15.0. The van der Waals surface area contributed by atoms with Gasteiger partial charge in [0.05, 0.1) is 0 Å². The molecule has 0 spiro atoms. The lowest BCUT2D eigenvalue weighted by Crippen LogP contribution is -2.46. The highest BCUT2D eigenvalue weighted by atomic mass is 16.6. The summed E-state index contributed by atoms with van der Waals surface area (Å²) in [5, 5.41) is 0. The van der Waals surface area contributed by atoms with Crippen LogP contribution in [0.15, 0.2) is 30.3 Å². The first-order valence-electron chi connectivity index (χ1n) is 7.44. The van der Waals surface area contributed by atoms with Crippen molar-refractivity contribution < 1.29 is 9.53 Å². The Bertz CT molecular complexity index is 444. The minimum Gasteiger partial charge on any atom is -0.454 e. The Balaban J connectivity index is 2.39. The van der Waals surface area contributed by atoms with E-state index >= 15 is 0 Å². The van der Waals surface area contributed by atoms with Crippen molar-refractivity contribution in [2.45, 2.75) is 38.2 Å². The molecule has 0 aromatic heterocycles. The number of esters is 1. The van der Waals surface area contributed by atoms with Crippen LogP contribution in [0.2, 0.25) is 0 Å². The fraction of sp³-hybridized carbons (Fsp3) is 0.588.